The van der Waals surface area contributed by atoms with Crippen molar-refractivity contribution < 1.29 is 27.5 Å². The number of urea groups is 1. The van der Waals surface area contributed by atoms with E-state index >= 15 is 0 Å². The number of amides is 3. The first-order valence-electron chi connectivity index (χ1n) is 8.64. The van der Waals surface area contributed by atoms with Gasteiger partial charge in [-0.15, -0.1) is 4.99 Å². The molecule has 0 radical (unpaired) electrons. The van der Waals surface area contributed by atoms with Crippen molar-refractivity contribution in [3.8, 4) is 0 Å². The summed E-state index contributed by atoms with van der Waals surface area (Å²) in [6, 6.07) is 4.19. The van der Waals surface area contributed by atoms with Crippen molar-refractivity contribution in [2.45, 2.75) is 32.6 Å². The molecule has 0 bridgehead atoms. The van der Waals surface area contributed by atoms with Crippen LogP contribution in [-0.2, 0) is 22.3 Å². The number of halogens is 3. The number of ether oxygens (including phenoxy) is 1. The van der Waals surface area contributed by atoms with Crippen LogP contribution in [0.2, 0.25) is 0 Å². The Morgan fingerprint density at radius 1 is 1.29 bits per heavy atom. The smallest absolute Gasteiger partial charge is 0.416 e. The molecule has 0 fully saturated rings. The third-order valence-corrected chi connectivity index (χ3v) is 4.19. The molecule has 2 aliphatic heterocycles. The first kappa shape index (κ1) is 19.7. The number of alkyl halides is 3. The van der Waals surface area contributed by atoms with Crippen LogP contribution < -0.4 is 5.32 Å². The summed E-state index contributed by atoms with van der Waals surface area (Å²) in [6.07, 6.45) is -3.32. The molecule has 2 aliphatic rings. The molecule has 0 atom stereocenters. The highest BCUT2D eigenvalue weighted by molar-refractivity contribution is 6.01. The van der Waals surface area contributed by atoms with Crippen LogP contribution in [0, 0.1) is 0 Å². The van der Waals surface area contributed by atoms with Gasteiger partial charge < -0.3 is 15.0 Å². The minimum atomic E-state index is -4.52. The van der Waals surface area contributed by atoms with Crippen LogP contribution in [0.3, 0.4) is 0 Å². The molecule has 1 aromatic rings. The fraction of sp³-hybridized carbons (Fsp3) is 0.389. The summed E-state index contributed by atoms with van der Waals surface area (Å²) in [7, 11) is 0. The average molecular weight is 396 g/mol. The molecular formula is C18H19F3N4O3. The summed E-state index contributed by atoms with van der Waals surface area (Å²) in [6.45, 7) is 3.59. The summed E-state index contributed by atoms with van der Waals surface area (Å²) >= 11 is 0. The zero-order valence-electron chi connectivity index (χ0n) is 15.3. The molecule has 10 heteroatoms. The topological polar surface area (TPSA) is 74.2 Å². The minimum absolute atomic E-state index is 0.0279. The molecule has 3 amide bonds. The molecule has 0 saturated heterocycles. The lowest BCUT2D eigenvalue weighted by molar-refractivity contribution is -0.138. The third-order valence-electron chi connectivity index (χ3n) is 4.19. The van der Waals surface area contributed by atoms with Crippen molar-refractivity contribution in [1.29, 1.82) is 0 Å². The maximum atomic E-state index is 13.2. The second kappa shape index (κ2) is 7.53. The number of nitrogens with zero attached hydrogens (tertiary/aromatic N) is 3. The maximum Gasteiger partial charge on any atom is 0.416 e. The van der Waals surface area contributed by atoms with Gasteiger partial charge in [-0.05, 0) is 25.5 Å². The lowest BCUT2D eigenvalue weighted by atomic mass is 10.1. The second-order valence-electron chi connectivity index (χ2n) is 6.65. The Morgan fingerprint density at radius 3 is 2.68 bits per heavy atom. The van der Waals surface area contributed by atoms with E-state index in [0.29, 0.717) is 0 Å². The summed E-state index contributed by atoms with van der Waals surface area (Å²) < 4.78 is 44.8. The van der Waals surface area contributed by atoms with Gasteiger partial charge >= 0.3 is 18.2 Å². The van der Waals surface area contributed by atoms with Gasteiger partial charge in [0.25, 0.3) is 5.91 Å². The first-order valence-corrected chi connectivity index (χ1v) is 8.64. The van der Waals surface area contributed by atoms with Gasteiger partial charge in [0, 0.05) is 25.7 Å². The monoisotopic (exact) mass is 396 g/mol. The molecule has 0 aromatic heterocycles. The van der Waals surface area contributed by atoms with Crippen LogP contribution in [-0.4, -0.2) is 46.9 Å². The van der Waals surface area contributed by atoms with Gasteiger partial charge in [0.1, 0.15) is 12.0 Å². The number of hydrogen-bond donors (Lipinski definition) is 1. The molecule has 0 aliphatic carbocycles. The Hall–Kier alpha value is -3.04. The van der Waals surface area contributed by atoms with Crippen molar-refractivity contribution in [1.82, 2.24) is 15.1 Å². The highest BCUT2D eigenvalue weighted by Crippen LogP contribution is 2.32. The lowest BCUT2D eigenvalue weighted by Gasteiger charge is -2.23. The number of amidine groups is 1. The molecule has 0 spiro atoms. The molecule has 3 rings (SSSR count). The van der Waals surface area contributed by atoms with E-state index in [9.17, 15) is 22.8 Å². The van der Waals surface area contributed by atoms with Crippen LogP contribution in [0.15, 0.2) is 41.2 Å². The minimum Gasteiger partial charge on any atom is -0.431 e. The number of carbonyl (C=O) groups excluding carboxylic acids is 2. The number of carbonyl (C=O) groups is 2. The molecule has 1 aromatic carbocycles. The van der Waals surface area contributed by atoms with Crippen molar-refractivity contribution in [3.63, 3.8) is 0 Å². The van der Waals surface area contributed by atoms with E-state index in [4.69, 9.17) is 4.74 Å². The predicted octanol–water partition coefficient (Wildman–Crippen LogP) is 2.70. The van der Waals surface area contributed by atoms with E-state index in [1.54, 1.807) is 13.8 Å². The third kappa shape index (κ3) is 4.10. The van der Waals surface area contributed by atoms with Crippen LogP contribution in [0.5, 0.6) is 0 Å². The number of benzene rings is 1. The van der Waals surface area contributed by atoms with Crippen molar-refractivity contribution >= 4 is 18.0 Å². The van der Waals surface area contributed by atoms with Gasteiger partial charge in [-0.1, -0.05) is 18.2 Å². The zero-order valence-corrected chi connectivity index (χ0v) is 15.3. The van der Waals surface area contributed by atoms with E-state index in [-0.39, 0.29) is 48.9 Å². The van der Waals surface area contributed by atoms with Gasteiger partial charge in [-0.25, -0.2) is 4.79 Å². The Bertz CT molecular complexity index is 849. The summed E-state index contributed by atoms with van der Waals surface area (Å²) in [5.74, 6) is -0.386. The Kier molecular flexibility index (Phi) is 5.30. The fourth-order valence-electron chi connectivity index (χ4n) is 2.91. The van der Waals surface area contributed by atoms with E-state index < -0.39 is 17.8 Å². The largest absolute Gasteiger partial charge is 0.431 e. The molecule has 1 N–H and O–H groups in total. The number of nitrogens with one attached hydrogen (secondary N) is 1. The molecule has 28 heavy (non-hydrogen) atoms. The van der Waals surface area contributed by atoms with Gasteiger partial charge in [0.2, 0.25) is 0 Å². The van der Waals surface area contributed by atoms with E-state index in [0.717, 1.165) is 6.07 Å². The van der Waals surface area contributed by atoms with E-state index in [1.165, 1.54) is 34.3 Å². The van der Waals surface area contributed by atoms with Crippen LogP contribution in [0.4, 0.5) is 18.0 Å². The Balaban J connectivity index is 1.77. The number of hydrogen-bond acceptors (Lipinski definition) is 4. The molecular weight excluding hydrogens is 377 g/mol. The van der Waals surface area contributed by atoms with Crippen LogP contribution in [0.1, 0.15) is 25.0 Å². The van der Waals surface area contributed by atoms with Gasteiger partial charge in [-0.3, -0.25) is 9.69 Å². The van der Waals surface area contributed by atoms with E-state index in [2.05, 4.69) is 10.3 Å². The van der Waals surface area contributed by atoms with Crippen LogP contribution >= 0.6 is 0 Å². The van der Waals surface area contributed by atoms with Crippen molar-refractivity contribution in [2.24, 2.45) is 4.99 Å². The second-order valence-corrected chi connectivity index (χ2v) is 6.65. The Labute approximate surface area is 159 Å². The molecule has 0 saturated carbocycles. The zero-order chi connectivity index (χ0) is 20.5. The fourth-order valence-corrected chi connectivity index (χ4v) is 2.91. The van der Waals surface area contributed by atoms with E-state index in [1.807, 2.05) is 0 Å². The quantitative estimate of drug-likeness (QED) is 0.849. The lowest BCUT2D eigenvalue weighted by Crippen LogP contribution is -2.40. The summed E-state index contributed by atoms with van der Waals surface area (Å²) in [5.41, 5.74) is -0.633. The van der Waals surface area contributed by atoms with Crippen LogP contribution in [0.25, 0.3) is 0 Å². The Morgan fingerprint density at radius 2 is 2.00 bits per heavy atom. The summed E-state index contributed by atoms with van der Waals surface area (Å²) in [4.78, 5) is 31.1. The molecule has 7 nitrogen and oxygen atoms in total. The molecule has 0 unspecified atom stereocenters. The van der Waals surface area contributed by atoms with Gasteiger partial charge in [0.05, 0.1) is 5.56 Å². The van der Waals surface area contributed by atoms with Crippen molar-refractivity contribution in [2.75, 3.05) is 13.1 Å². The van der Waals surface area contributed by atoms with Crippen molar-refractivity contribution in [3.05, 3.63) is 47.4 Å². The van der Waals surface area contributed by atoms with Gasteiger partial charge in [0.15, 0.2) is 0 Å². The van der Waals surface area contributed by atoms with Gasteiger partial charge in [-0.2, -0.15) is 13.2 Å². The number of aliphatic imine (C=N–C) groups is 1. The SMILES string of the molecule is CC(C)NC(=O)C1=COC2=NC(=O)N(Cc3ccccc3C(F)(F)F)CCN12. The predicted molar refractivity (Wildman–Crippen MR) is 93.8 cm³/mol. The number of fused-ring (bicyclic) bond motifs is 1. The standard InChI is InChI=1S/C18H19F3N4O3/c1-11(2)22-15(26)14-10-28-17-23-16(27)24(7-8-25(14)17)9-12-5-3-4-6-13(12)18(19,20)21/h3-6,10-11H,7-9H2,1-2H3,(H,22,26). The molecule has 150 valence electrons. The highest BCUT2D eigenvalue weighted by atomic mass is 19.4. The summed E-state index contributed by atoms with van der Waals surface area (Å²) in [5, 5.41) is 2.72. The molecule has 2 heterocycles. The highest BCUT2D eigenvalue weighted by Gasteiger charge is 2.36. The normalized spacial score (nSPS) is 17.0. The maximum absolute atomic E-state index is 13.2. The average Bonchev–Trinajstić information content (AvgIpc) is 2.93. The number of rotatable bonds is 4. The first-order chi connectivity index (χ1) is 13.2.